The van der Waals surface area contributed by atoms with Crippen LogP contribution >= 0.6 is 0 Å². The van der Waals surface area contributed by atoms with Crippen LogP contribution in [-0.2, 0) is 26.5 Å². The molecule has 7 rings (SSSR count). The van der Waals surface area contributed by atoms with E-state index in [4.69, 9.17) is 15.1 Å². The topological polar surface area (TPSA) is 38.7 Å². The number of hydrogen-bond donors (Lipinski definition) is 0. The predicted molar refractivity (Wildman–Crippen MR) is 204 cm³/mol. The van der Waals surface area contributed by atoms with Crippen molar-refractivity contribution in [2.75, 3.05) is 0 Å². The first-order valence-corrected chi connectivity index (χ1v) is 15.6. The minimum Gasteiger partial charge on any atom is -0.305 e. The van der Waals surface area contributed by atoms with E-state index in [0.717, 1.165) is 28.7 Å². The smallest absolute Gasteiger partial charge is 0.305 e. The molecule has 0 amide bonds. The van der Waals surface area contributed by atoms with Gasteiger partial charge in [-0.15, -0.1) is 108 Å². The van der Waals surface area contributed by atoms with Crippen LogP contribution < -0.4 is 0 Å². The molecule has 250 valence electrons. The van der Waals surface area contributed by atoms with Crippen molar-refractivity contribution in [3.63, 3.8) is 0 Å². The van der Waals surface area contributed by atoms with Crippen LogP contribution in [0.1, 0.15) is 52.5 Å². The van der Waals surface area contributed by atoms with Gasteiger partial charge in [0, 0.05) is 29.6 Å². The number of rotatable bonds is 5. The van der Waals surface area contributed by atoms with Crippen molar-refractivity contribution in [1.29, 1.82) is 0 Å². The van der Waals surface area contributed by atoms with Gasteiger partial charge in [0.1, 0.15) is 0 Å². The summed E-state index contributed by atoms with van der Waals surface area (Å²) in [5, 5.41) is 0. The Kier molecular flexibility index (Phi) is 9.33. The number of hydrogen-bond acceptors (Lipinski definition) is 3. The maximum Gasteiger partial charge on any atom is 3.00 e. The fourth-order valence-electron chi connectivity index (χ4n) is 4.50. The maximum atomic E-state index is 8.74. The van der Waals surface area contributed by atoms with Gasteiger partial charge in [-0.05, 0) is 76.5 Å². The average molecular weight is 840 g/mol. The van der Waals surface area contributed by atoms with E-state index in [1.165, 1.54) is 18.3 Å². The van der Waals surface area contributed by atoms with Gasteiger partial charge < -0.3 is 15.0 Å². The first kappa shape index (κ1) is 25.0. The number of benzene rings is 4. The van der Waals surface area contributed by atoms with E-state index in [1.807, 2.05) is 60.7 Å². The molecule has 0 unspecified atom stereocenters. The molecule has 3 aromatic heterocycles. The molecule has 50 heavy (non-hydrogen) atoms. The summed E-state index contributed by atoms with van der Waals surface area (Å²) in [7, 11) is 0. The summed E-state index contributed by atoms with van der Waals surface area (Å²) in [6, 6.07) is 42.4. The van der Waals surface area contributed by atoms with E-state index >= 15 is 0 Å². The molecule has 0 radical (unpaired) electrons. The van der Waals surface area contributed by atoms with Gasteiger partial charge in [0.25, 0.3) is 0 Å². The number of aryl methyl sites for hydroxylation is 2. The summed E-state index contributed by atoms with van der Waals surface area (Å²) < 4.78 is 88.3. The summed E-state index contributed by atoms with van der Waals surface area (Å²) >= 11 is 0. The quantitative estimate of drug-likeness (QED) is 0.162. The van der Waals surface area contributed by atoms with Crippen molar-refractivity contribution < 1.29 is 35.2 Å². The molecule has 0 fully saturated rings. The molecule has 4 heteroatoms. The second-order valence-electron chi connectivity index (χ2n) is 11.8. The van der Waals surface area contributed by atoms with Gasteiger partial charge in [-0.2, -0.15) is 0 Å². The average Bonchev–Trinajstić information content (AvgIpc) is 3.22. The van der Waals surface area contributed by atoms with Gasteiger partial charge in [-0.25, -0.2) is 0 Å². The van der Waals surface area contributed by atoms with Crippen molar-refractivity contribution in [2.24, 2.45) is 5.41 Å². The summed E-state index contributed by atoms with van der Waals surface area (Å²) in [5.41, 5.74) is 3.60. The SMILES string of the molecule is [2H]C([2H])([2H])c1ccc(-c2[c-]cccc2)nc1.[2H]c1cc(C([2H])([2H])C(C)(C)C)cc([2H])c1-c1c(C([2H])([2H])[2H])cnc(-c2[c-]cccc2)c1[2H].[Ir+3].[c-]1ccccc1-c1ccccn1. The van der Waals surface area contributed by atoms with E-state index in [-0.39, 0.29) is 71.7 Å². The van der Waals surface area contributed by atoms with Crippen molar-refractivity contribution in [2.45, 2.75) is 40.8 Å². The molecule has 4 aromatic carbocycles. The van der Waals surface area contributed by atoms with Crippen LogP contribution in [0.4, 0.5) is 0 Å². The second kappa shape index (κ2) is 18.7. The molecular formula is C46H42IrN3. The van der Waals surface area contributed by atoms with Crippen LogP contribution in [0.2, 0.25) is 0 Å². The Bertz CT molecular complexity index is 2410. The Labute approximate surface area is 327 Å². The third-order valence-electron chi connectivity index (χ3n) is 6.71. The van der Waals surface area contributed by atoms with E-state index in [1.54, 1.807) is 69.4 Å². The monoisotopic (exact) mass is 840 g/mol. The van der Waals surface area contributed by atoms with Crippen LogP contribution in [0.25, 0.3) is 44.9 Å². The number of nitrogens with zero attached hydrogens (tertiary/aromatic N) is 3. The third-order valence-corrected chi connectivity index (χ3v) is 6.71. The molecule has 0 N–H and O–H groups in total. The van der Waals surface area contributed by atoms with Gasteiger partial charge in [-0.1, -0.05) is 75.3 Å². The standard InChI is InChI=1S/C23H24N.C12H10N.C11H8N.Ir/c1-17-16-24-22(20-8-6-5-7-9-20)14-21(17)19-12-10-18(11-13-19)15-23(2,3)4;1-10-7-8-12(13-9-10)11-5-3-2-4-6-11;1-2-6-10(7-3-1)11-8-4-5-9-12-11;/h5-8,10-14,16H,15H2,1-4H3;2-5,7-9H,1H3;1-6,8-9H;/q3*-1;+3/i1D3,12D,13D,14D,15D2;1D3;;. The first-order valence-electron chi connectivity index (χ1n) is 21.1. The van der Waals surface area contributed by atoms with Gasteiger partial charge in [0.05, 0.1) is 4.11 Å². The molecule has 0 saturated heterocycles. The number of aromatic nitrogens is 3. The zero-order valence-electron chi connectivity index (χ0n) is 38.9. The van der Waals surface area contributed by atoms with Gasteiger partial charge in [0.2, 0.25) is 0 Å². The normalized spacial score (nSPS) is 14.4. The molecule has 3 nitrogen and oxygen atoms in total. The van der Waals surface area contributed by atoms with E-state index < -0.39 is 25.5 Å². The minimum absolute atomic E-state index is 0. The largest absolute Gasteiger partial charge is 3.00 e. The Balaban J connectivity index is 0.000000232. The zero-order chi connectivity index (χ0) is 43.9. The predicted octanol–water partition coefficient (Wildman–Crippen LogP) is 11.5. The molecule has 0 spiro atoms. The Morgan fingerprint density at radius 2 is 1.22 bits per heavy atom. The maximum absolute atomic E-state index is 8.74. The molecule has 7 aromatic rings. The molecule has 0 saturated carbocycles. The van der Waals surface area contributed by atoms with Crippen molar-refractivity contribution in [3.8, 4) is 44.9 Å². The zero-order valence-corrected chi connectivity index (χ0v) is 30.3. The van der Waals surface area contributed by atoms with Crippen LogP contribution in [0, 0.1) is 37.3 Å². The van der Waals surface area contributed by atoms with Crippen LogP contribution in [0.15, 0.2) is 152 Å². The van der Waals surface area contributed by atoms with Crippen molar-refractivity contribution >= 4 is 0 Å². The van der Waals surface area contributed by atoms with E-state index in [0.29, 0.717) is 5.56 Å². The third kappa shape index (κ3) is 11.6. The Morgan fingerprint density at radius 1 is 0.640 bits per heavy atom. The molecule has 0 aliphatic heterocycles. The first-order chi connectivity index (χ1) is 28.2. The minimum atomic E-state index is -2.62. The summed E-state index contributed by atoms with van der Waals surface area (Å²) in [6.07, 6.45) is 2.52. The van der Waals surface area contributed by atoms with Crippen molar-refractivity contribution in [1.82, 2.24) is 15.0 Å². The Morgan fingerprint density at radius 3 is 1.70 bits per heavy atom. The molecule has 0 bridgehead atoms. The summed E-state index contributed by atoms with van der Waals surface area (Å²) in [5.74, 6) is 0. The van der Waals surface area contributed by atoms with Gasteiger partial charge in [-0.3, -0.25) is 0 Å². The Hall–Kier alpha value is -5.02. The van der Waals surface area contributed by atoms with E-state index in [9.17, 15) is 0 Å². The van der Waals surface area contributed by atoms with E-state index in [2.05, 4.69) is 33.2 Å². The fourth-order valence-corrected chi connectivity index (χ4v) is 4.50. The summed E-state index contributed by atoms with van der Waals surface area (Å²) in [4.78, 5) is 12.5. The number of pyridine rings is 3. The second-order valence-corrected chi connectivity index (χ2v) is 11.8. The van der Waals surface area contributed by atoms with Crippen LogP contribution in [0.5, 0.6) is 0 Å². The molecule has 0 aliphatic carbocycles. The van der Waals surface area contributed by atoms with Crippen molar-refractivity contribution in [3.05, 3.63) is 187 Å². The summed E-state index contributed by atoms with van der Waals surface area (Å²) in [6.45, 7) is 0.484. The molecule has 0 atom stereocenters. The molecule has 3 heterocycles. The van der Waals surface area contributed by atoms with Gasteiger partial charge in [0.15, 0.2) is 0 Å². The molecular weight excluding hydrogens is 787 g/mol. The van der Waals surface area contributed by atoms with Gasteiger partial charge >= 0.3 is 20.1 Å². The fraction of sp³-hybridized carbons (Fsp3) is 0.152. The van der Waals surface area contributed by atoms with Crippen LogP contribution in [-0.4, -0.2) is 15.0 Å². The van der Waals surface area contributed by atoms with Crippen LogP contribution in [0.3, 0.4) is 0 Å². The molecule has 0 aliphatic rings.